The minimum atomic E-state index is -2.01. The Balaban J connectivity index is 1.07. The third kappa shape index (κ3) is 11.9. The fourth-order valence-electron chi connectivity index (χ4n) is 14.2. The topological polar surface area (TPSA) is 383 Å². The van der Waals surface area contributed by atoms with Crippen LogP contribution in [0.4, 0.5) is 0 Å². The lowest BCUT2D eigenvalue weighted by Gasteiger charge is -2.59. The molecule has 0 aromatic heterocycles. The Hall–Kier alpha value is -1.93. The molecule has 4 aliphatic carbocycles. The number of carbonyl (C=O) groups excluding carboxylic acids is 1. The zero-order valence-electron chi connectivity index (χ0n) is 44.6. The van der Waals surface area contributed by atoms with Gasteiger partial charge in [-0.3, -0.25) is 4.79 Å². The number of carbonyl (C=O) groups is 1. The number of hydrogen-bond donors (Lipinski definition) is 14. The molecule has 0 aromatic carbocycles. The van der Waals surface area contributed by atoms with E-state index in [1.54, 1.807) is 0 Å². The summed E-state index contributed by atoms with van der Waals surface area (Å²) in [5.41, 5.74) is -0.0346. The molecule has 4 aliphatic heterocycles. The highest BCUT2D eigenvalue weighted by Gasteiger charge is 2.64. The second-order valence-electron chi connectivity index (χ2n) is 23.8. The van der Waals surface area contributed by atoms with Gasteiger partial charge in [0.05, 0.1) is 32.0 Å². The van der Waals surface area contributed by atoms with E-state index >= 15 is 0 Å². The molecular formula is C53H86O24. The fourth-order valence-corrected chi connectivity index (χ4v) is 14.2. The zero-order valence-corrected chi connectivity index (χ0v) is 44.6. The van der Waals surface area contributed by atoms with Crippen LogP contribution >= 0.6 is 0 Å². The third-order valence-corrected chi connectivity index (χ3v) is 19.0. The molecule has 7 fully saturated rings. The standard InChI is InChI=1S/C53H86O24/c1-21(2)22(3)7-8-24(16-54)28-15-29(58)35-25-9-10-27-36(60)31(12-14-52(27,5)26(25)11-13-53(28,35)6)71-50-44(68)46(45(34(74-50)20-69-23(4)57)75-48-42(66)40(64)38(62)32(17-55)72-48)76-51-47(37(61)30(59)19-70-51)77-49-43(67)41(65)39(63)33(18-56)73-49/h7-8,10,21-22,24-26,28-51,54-56,58-68H,9,11-20H2,1-6H3/t22-,24+,25-,26+,28-,29+,30-,31+,32-,33?,34-,35-,36-,37-,38+,39?,40+,41?,42-,43?,44-,45-,46-,47+,48+,49?,50-,51+,52-,53-/m1/s1. The summed E-state index contributed by atoms with van der Waals surface area (Å²) in [5, 5.41) is 154. The number of allylic oxidation sites excluding steroid dienone is 2. The molecule has 442 valence electrons. The van der Waals surface area contributed by atoms with Crippen LogP contribution in [-0.2, 0) is 47.4 Å². The van der Waals surface area contributed by atoms with Crippen LogP contribution in [0.2, 0.25) is 0 Å². The van der Waals surface area contributed by atoms with Gasteiger partial charge in [-0.15, -0.1) is 0 Å². The molecule has 24 nitrogen and oxygen atoms in total. The van der Waals surface area contributed by atoms with Gasteiger partial charge in [0.15, 0.2) is 25.2 Å². The van der Waals surface area contributed by atoms with Gasteiger partial charge in [-0.05, 0) is 90.4 Å². The van der Waals surface area contributed by atoms with E-state index in [0.717, 1.165) is 25.3 Å². The van der Waals surface area contributed by atoms with Gasteiger partial charge in [-0.1, -0.05) is 52.8 Å². The molecule has 4 saturated heterocycles. The van der Waals surface area contributed by atoms with Crippen LogP contribution in [0.25, 0.3) is 0 Å². The summed E-state index contributed by atoms with van der Waals surface area (Å²) in [6.07, 6.45) is -27.3. The Bertz CT molecular complexity index is 2010. The molecule has 14 N–H and O–H groups in total. The quantitative estimate of drug-likeness (QED) is 0.0505. The van der Waals surface area contributed by atoms with Crippen molar-refractivity contribution in [3.8, 4) is 0 Å². The highest BCUT2D eigenvalue weighted by atomic mass is 16.8. The van der Waals surface area contributed by atoms with E-state index in [1.165, 1.54) is 0 Å². The van der Waals surface area contributed by atoms with Gasteiger partial charge in [0, 0.05) is 19.4 Å². The van der Waals surface area contributed by atoms with Gasteiger partial charge < -0.3 is 114 Å². The van der Waals surface area contributed by atoms with Crippen molar-refractivity contribution in [3.05, 3.63) is 23.8 Å². The molecular weight excluding hydrogens is 1020 g/mol. The van der Waals surface area contributed by atoms with Crippen LogP contribution < -0.4 is 0 Å². The first-order valence-electron chi connectivity index (χ1n) is 27.4. The Kier molecular flexibility index (Phi) is 19.8. The summed E-state index contributed by atoms with van der Waals surface area (Å²) in [7, 11) is 0. The number of aliphatic hydroxyl groups excluding tert-OH is 14. The summed E-state index contributed by atoms with van der Waals surface area (Å²) >= 11 is 0. The number of hydrogen-bond acceptors (Lipinski definition) is 24. The maximum Gasteiger partial charge on any atom is 0.302 e. The van der Waals surface area contributed by atoms with Crippen LogP contribution in [0.15, 0.2) is 23.8 Å². The predicted octanol–water partition coefficient (Wildman–Crippen LogP) is -3.17. The number of fused-ring (bicyclic) bond motifs is 5. The van der Waals surface area contributed by atoms with E-state index in [-0.39, 0.29) is 48.0 Å². The summed E-state index contributed by atoms with van der Waals surface area (Å²) < 4.78 is 53.7. The number of rotatable bonds is 17. The maximum atomic E-state index is 12.5. The van der Waals surface area contributed by atoms with E-state index in [9.17, 15) is 76.3 Å². The zero-order chi connectivity index (χ0) is 56.2. The average molecular weight is 1110 g/mol. The van der Waals surface area contributed by atoms with E-state index in [4.69, 9.17) is 42.6 Å². The normalized spacial score (nSPS) is 50.1. The average Bonchev–Trinajstić information content (AvgIpc) is 3.85. The molecule has 0 radical (unpaired) electrons. The molecule has 4 heterocycles. The Morgan fingerprint density at radius 3 is 1.84 bits per heavy atom. The van der Waals surface area contributed by atoms with Crippen LogP contribution in [0, 0.1) is 52.3 Å². The first kappa shape index (κ1) is 61.1. The second-order valence-corrected chi connectivity index (χ2v) is 23.8. The van der Waals surface area contributed by atoms with Crippen LogP contribution in [-0.4, -0.2) is 246 Å². The molecule has 8 rings (SSSR count). The van der Waals surface area contributed by atoms with Crippen molar-refractivity contribution in [2.75, 3.05) is 33.0 Å². The van der Waals surface area contributed by atoms with Crippen LogP contribution in [0.3, 0.4) is 0 Å². The predicted molar refractivity (Wildman–Crippen MR) is 262 cm³/mol. The van der Waals surface area contributed by atoms with Crippen molar-refractivity contribution >= 4 is 5.97 Å². The number of ether oxygens (including phenoxy) is 9. The van der Waals surface area contributed by atoms with Crippen molar-refractivity contribution in [3.63, 3.8) is 0 Å². The van der Waals surface area contributed by atoms with Crippen molar-refractivity contribution in [1.82, 2.24) is 0 Å². The van der Waals surface area contributed by atoms with Gasteiger partial charge in [0.2, 0.25) is 0 Å². The molecule has 30 atom stereocenters. The first-order valence-corrected chi connectivity index (χ1v) is 27.4. The van der Waals surface area contributed by atoms with E-state index < -0.39 is 173 Å². The monoisotopic (exact) mass is 1110 g/mol. The van der Waals surface area contributed by atoms with Crippen molar-refractivity contribution in [2.45, 2.75) is 215 Å². The molecule has 3 saturated carbocycles. The summed E-state index contributed by atoms with van der Waals surface area (Å²) in [6.45, 7) is 9.01. The lowest BCUT2D eigenvalue weighted by atomic mass is 9.46. The van der Waals surface area contributed by atoms with Crippen LogP contribution in [0.1, 0.15) is 80.1 Å². The van der Waals surface area contributed by atoms with Crippen LogP contribution in [0.5, 0.6) is 0 Å². The Morgan fingerprint density at radius 1 is 0.675 bits per heavy atom. The van der Waals surface area contributed by atoms with Crippen molar-refractivity contribution in [1.29, 1.82) is 0 Å². The molecule has 24 heteroatoms. The molecule has 0 spiro atoms. The lowest BCUT2D eigenvalue weighted by molar-refractivity contribution is -0.397. The molecule has 77 heavy (non-hydrogen) atoms. The highest BCUT2D eigenvalue weighted by molar-refractivity contribution is 5.65. The van der Waals surface area contributed by atoms with E-state index in [1.807, 2.05) is 6.08 Å². The van der Waals surface area contributed by atoms with Gasteiger partial charge >= 0.3 is 5.97 Å². The first-order chi connectivity index (χ1) is 36.4. The van der Waals surface area contributed by atoms with Gasteiger partial charge in [0.1, 0.15) is 104 Å². The summed E-state index contributed by atoms with van der Waals surface area (Å²) in [4.78, 5) is 12.4. The molecule has 8 aliphatic rings. The van der Waals surface area contributed by atoms with Gasteiger partial charge in [0.25, 0.3) is 0 Å². The summed E-state index contributed by atoms with van der Waals surface area (Å²) in [5.74, 6) is 0.0546. The van der Waals surface area contributed by atoms with Crippen molar-refractivity contribution < 1.29 is 119 Å². The summed E-state index contributed by atoms with van der Waals surface area (Å²) in [6, 6.07) is 0. The number of aliphatic hydroxyl groups is 14. The lowest BCUT2D eigenvalue weighted by Crippen LogP contribution is -2.68. The Labute approximate surface area is 448 Å². The maximum absolute atomic E-state index is 12.5. The minimum absolute atomic E-state index is 0.0186. The second kappa shape index (κ2) is 24.9. The van der Waals surface area contributed by atoms with Gasteiger partial charge in [-0.25, -0.2) is 0 Å². The molecule has 0 aromatic rings. The van der Waals surface area contributed by atoms with E-state index in [0.29, 0.717) is 31.1 Å². The minimum Gasteiger partial charge on any atom is -0.463 e. The smallest absolute Gasteiger partial charge is 0.302 e. The highest BCUT2D eigenvalue weighted by Crippen LogP contribution is 2.67. The molecule has 0 bridgehead atoms. The van der Waals surface area contributed by atoms with E-state index in [2.05, 4.69) is 46.8 Å². The van der Waals surface area contributed by atoms with Gasteiger partial charge in [-0.2, -0.15) is 0 Å². The third-order valence-electron chi connectivity index (χ3n) is 19.0. The Morgan fingerprint density at radius 2 is 1.26 bits per heavy atom. The fraction of sp³-hybridized carbons (Fsp3) is 0.906. The SMILES string of the molecule is CC(=O)OC[C@H]1O[C@@H](O[C@H]2CC[C@@]3(C)C(=CC[C@H]4[C@@H]5[C@@H](O)C[C@H]([C@@H](C=C[C@@H](C)C(C)C)CO)[C@@]5(C)CC[C@@H]43)[C@H]2O)[C@H](O)[C@@H](O[C@@H]2OC[C@@H](O)[C@@H](O)[C@@H]2OC2OC(CO)C(O)C(O)C2O)[C@@H]1O[C@@H]1O[C@H](CO)[C@H](O)[C@H](O)[C@H]1O. The molecule has 5 unspecified atom stereocenters. The molecule has 0 amide bonds. The number of esters is 1. The largest absolute Gasteiger partial charge is 0.463 e. The van der Waals surface area contributed by atoms with Crippen molar-refractivity contribution in [2.24, 2.45) is 52.3 Å².